The van der Waals surface area contributed by atoms with Crippen molar-refractivity contribution in [1.82, 2.24) is 14.3 Å². The van der Waals surface area contributed by atoms with Crippen LogP contribution in [0.25, 0.3) is 38.6 Å². The van der Waals surface area contributed by atoms with Crippen LogP contribution in [0.15, 0.2) is 101 Å². The highest BCUT2D eigenvalue weighted by molar-refractivity contribution is 7.83. The maximum atomic E-state index is 13.4. The van der Waals surface area contributed by atoms with Crippen LogP contribution in [0.3, 0.4) is 0 Å². The Bertz CT molecular complexity index is 1940. The number of hydrogen-bond acceptors (Lipinski definition) is 4. The van der Waals surface area contributed by atoms with Crippen molar-refractivity contribution in [2.75, 3.05) is 11.4 Å². The van der Waals surface area contributed by atoms with E-state index in [0.29, 0.717) is 17.1 Å². The van der Waals surface area contributed by atoms with Gasteiger partial charge in [-0.15, -0.1) is 0 Å². The maximum Gasteiger partial charge on any atom is 0.255 e. The third kappa shape index (κ3) is 5.01. The largest absolute Gasteiger partial charge is 0.308 e. The minimum atomic E-state index is -1.32. The van der Waals surface area contributed by atoms with Crippen LogP contribution in [0.2, 0.25) is 0 Å². The first-order valence-electron chi connectivity index (χ1n) is 13.4. The molecule has 1 atom stereocenters. The molecule has 1 aliphatic heterocycles. The van der Waals surface area contributed by atoms with Gasteiger partial charge >= 0.3 is 0 Å². The number of amides is 1. The lowest BCUT2D eigenvalue weighted by Gasteiger charge is -2.19. The van der Waals surface area contributed by atoms with Crippen molar-refractivity contribution in [1.29, 1.82) is 0 Å². The van der Waals surface area contributed by atoms with Crippen molar-refractivity contribution in [3.05, 3.63) is 108 Å². The van der Waals surface area contributed by atoms with E-state index in [4.69, 9.17) is 0 Å². The van der Waals surface area contributed by atoms with E-state index in [0.717, 1.165) is 50.6 Å². The molecule has 0 radical (unpaired) electrons. The van der Waals surface area contributed by atoms with Gasteiger partial charge in [0.25, 0.3) is 5.56 Å². The van der Waals surface area contributed by atoms with E-state index < -0.39 is 11.0 Å². The summed E-state index contributed by atoms with van der Waals surface area (Å²) in [5.41, 5.74) is 5.51. The van der Waals surface area contributed by atoms with Crippen LogP contribution in [-0.2, 0) is 22.2 Å². The van der Waals surface area contributed by atoms with E-state index in [1.165, 1.54) is 6.08 Å². The second-order valence-electron chi connectivity index (χ2n) is 11.2. The van der Waals surface area contributed by atoms with Gasteiger partial charge in [-0.05, 0) is 92.4 Å². The molecule has 1 amide bonds. The highest BCUT2D eigenvalue weighted by Gasteiger charge is 2.24. The monoisotopic (exact) mass is 562 g/mol. The van der Waals surface area contributed by atoms with Crippen LogP contribution < -0.4 is 15.2 Å². The number of nitrogens with one attached hydrogen (secondary N) is 1. The smallest absolute Gasteiger partial charge is 0.255 e. The number of aromatic nitrogens is 2. The Kier molecular flexibility index (Phi) is 6.68. The Balaban J connectivity index is 1.49. The van der Waals surface area contributed by atoms with E-state index >= 15 is 0 Å². The van der Waals surface area contributed by atoms with Crippen LogP contribution >= 0.6 is 0 Å². The Morgan fingerprint density at radius 2 is 1.76 bits per heavy atom. The summed E-state index contributed by atoms with van der Waals surface area (Å²) >= 11 is 0. The molecule has 0 spiro atoms. The first kappa shape index (κ1) is 26.8. The van der Waals surface area contributed by atoms with Gasteiger partial charge in [-0.1, -0.05) is 30.8 Å². The number of pyridine rings is 2. The molecule has 1 aliphatic rings. The van der Waals surface area contributed by atoms with Crippen molar-refractivity contribution in [2.24, 2.45) is 0 Å². The Hall–Kier alpha value is -4.40. The normalized spacial score (nSPS) is 13.9. The van der Waals surface area contributed by atoms with E-state index in [1.54, 1.807) is 27.8 Å². The standard InChI is InChI=1S/C33H30N4O3S/c1-5-30(38)36-17-16-22-6-11-25(19-29(22)36)37-31(39)15-10-24-20-34-28-14-9-23(18-27(28)32(24)37)21-7-12-26(13-8-21)41(40)35-33(2,3)4/h5-15,18-20,35H,1,16-17H2,2-4H3. The van der Waals surface area contributed by atoms with Crippen molar-refractivity contribution in [3.63, 3.8) is 0 Å². The summed E-state index contributed by atoms with van der Waals surface area (Å²) in [6.07, 6.45) is 3.85. The number of carbonyl (C=O) groups is 1. The van der Waals surface area contributed by atoms with Gasteiger partial charge in [-0.3, -0.25) is 19.1 Å². The summed E-state index contributed by atoms with van der Waals surface area (Å²) in [6, 6.07) is 22.8. The van der Waals surface area contributed by atoms with Gasteiger partial charge < -0.3 is 4.90 Å². The second-order valence-corrected chi connectivity index (χ2v) is 12.4. The number of fused-ring (bicyclic) bond motifs is 4. The lowest BCUT2D eigenvalue weighted by atomic mass is 10.0. The molecule has 8 heteroatoms. The van der Waals surface area contributed by atoms with Crippen LogP contribution in [0.4, 0.5) is 5.69 Å². The first-order chi connectivity index (χ1) is 19.6. The quantitative estimate of drug-likeness (QED) is 0.220. The zero-order valence-electron chi connectivity index (χ0n) is 23.2. The Morgan fingerprint density at radius 1 is 1.00 bits per heavy atom. The minimum Gasteiger partial charge on any atom is -0.308 e. The zero-order valence-corrected chi connectivity index (χ0v) is 24.0. The average Bonchev–Trinajstić information content (AvgIpc) is 3.39. The fourth-order valence-corrected chi connectivity index (χ4v) is 6.36. The summed E-state index contributed by atoms with van der Waals surface area (Å²) in [6.45, 7) is 10.2. The molecule has 0 saturated carbocycles. The van der Waals surface area contributed by atoms with Crippen LogP contribution in [0, 0.1) is 0 Å². The topological polar surface area (TPSA) is 84.3 Å². The first-order valence-corrected chi connectivity index (χ1v) is 14.6. The molecule has 2 aromatic heterocycles. The predicted octanol–water partition coefficient (Wildman–Crippen LogP) is 5.69. The molecule has 3 aromatic carbocycles. The summed E-state index contributed by atoms with van der Waals surface area (Å²) in [5, 5.41) is 1.66. The summed E-state index contributed by atoms with van der Waals surface area (Å²) in [7, 11) is -1.32. The van der Waals surface area contributed by atoms with Gasteiger partial charge in [0, 0.05) is 40.8 Å². The molecule has 0 bridgehead atoms. The minimum absolute atomic E-state index is 0.158. The van der Waals surface area contributed by atoms with Gasteiger partial charge in [-0.25, -0.2) is 8.93 Å². The molecule has 6 rings (SSSR count). The van der Waals surface area contributed by atoms with E-state index in [-0.39, 0.29) is 17.0 Å². The number of rotatable bonds is 5. The zero-order chi connectivity index (χ0) is 28.9. The number of carbonyl (C=O) groups excluding carboxylic acids is 1. The Morgan fingerprint density at radius 3 is 2.49 bits per heavy atom. The second kappa shape index (κ2) is 10.2. The van der Waals surface area contributed by atoms with Gasteiger partial charge in [0.1, 0.15) is 11.0 Å². The van der Waals surface area contributed by atoms with Crippen LogP contribution in [-0.4, -0.2) is 31.8 Å². The van der Waals surface area contributed by atoms with Gasteiger partial charge in [0.05, 0.1) is 21.6 Å². The lowest BCUT2D eigenvalue weighted by molar-refractivity contribution is -0.114. The predicted molar refractivity (Wildman–Crippen MR) is 166 cm³/mol. The van der Waals surface area contributed by atoms with Gasteiger partial charge in [-0.2, -0.15) is 0 Å². The molecule has 0 aliphatic carbocycles. The number of hydrogen-bond donors (Lipinski definition) is 1. The highest BCUT2D eigenvalue weighted by Crippen LogP contribution is 2.33. The maximum absolute atomic E-state index is 13.4. The molecule has 1 unspecified atom stereocenters. The molecule has 0 saturated heterocycles. The highest BCUT2D eigenvalue weighted by atomic mass is 32.2. The molecular weight excluding hydrogens is 532 g/mol. The van der Waals surface area contributed by atoms with Crippen molar-refractivity contribution in [2.45, 2.75) is 37.6 Å². The van der Waals surface area contributed by atoms with Crippen molar-refractivity contribution in [3.8, 4) is 16.8 Å². The van der Waals surface area contributed by atoms with E-state index in [2.05, 4.69) is 16.3 Å². The summed E-state index contributed by atoms with van der Waals surface area (Å²) < 4.78 is 17.5. The molecule has 3 heterocycles. The van der Waals surface area contributed by atoms with E-state index in [1.807, 2.05) is 81.4 Å². The van der Waals surface area contributed by atoms with E-state index in [9.17, 15) is 13.8 Å². The molecule has 5 aromatic rings. The molecule has 1 N–H and O–H groups in total. The van der Waals surface area contributed by atoms with Crippen LogP contribution in [0.1, 0.15) is 26.3 Å². The summed E-state index contributed by atoms with van der Waals surface area (Å²) in [4.78, 5) is 33.0. The van der Waals surface area contributed by atoms with Gasteiger partial charge in [0.15, 0.2) is 0 Å². The van der Waals surface area contributed by atoms with Crippen molar-refractivity contribution < 1.29 is 9.00 Å². The molecular formula is C33H30N4O3S. The average molecular weight is 563 g/mol. The number of nitrogens with zero attached hydrogens (tertiary/aromatic N) is 3. The third-order valence-electron chi connectivity index (χ3n) is 7.18. The molecule has 0 fully saturated rings. The third-order valence-corrected chi connectivity index (χ3v) is 8.68. The molecule has 41 heavy (non-hydrogen) atoms. The summed E-state index contributed by atoms with van der Waals surface area (Å²) in [5.74, 6) is -0.158. The molecule has 206 valence electrons. The Labute approximate surface area is 240 Å². The van der Waals surface area contributed by atoms with Crippen molar-refractivity contribution >= 4 is 44.4 Å². The van der Waals surface area contributed by atoms with Crippen LogP contribution in [0.5, 0.6) is 0 Å². The fraction of sp³-hybridized carbons (Fsp3) is 0.182. The fourth-order valence-electron chi connectivity index (χ4n) is 5.30. The number of anilines is 1. The lowest BCUT2D eigenvalue weighted by Crippen LogP contribution is -2.37. The number of benzene rings is 3. The SMILES string of the molecule is C=CC(=O)N1CCc2ccc(-n3c(=O)ccc4cnc5ccc(-c6ccc(S(=O)NC(C)(C)C)cc6)cc5c43)cc21. The van der Waals surface area contributed by atoms with Gasteiger partial charge in [0.2, 0.25) is 5.91 Å². The molecule has 7 nitrogen and oxygen atoms in total.